The minimum Gasteiger partial charge on any atom is -1.00 e. The largest absolute Gasteiger partial charge is 2.00 e. The van der Waals surface area contributed by atoms with Crippen LogP contribution in [0.2, 0.25) is 0 Å². The Morgan fingerprint density at radius 2 is 0.625 bits per heavy atom. The molecule has 1 aliphatic carbocycles. The van der Waals surface area contributed by atoms with Crippen LogP contribution < -0.4 is 12.4 Å². The Hall–Kier alpha value is 0.926. The van der Waals surface area contributed by atoms with E-state index in [2.05, 4.69) is 0 Å². The zero-order valence-electron chi connectivity index (χ0n) is 4.20. The Morgan fingerprint density at radius 3 is 0.750 bits per heavy atom. The first-order chi connectivity index (χ1) is 3.00. The molecule has 0 aromatic carbocycles. The summed E-state index contributed by atoms with van der Waals surface area (Å²) in [5.74, 6) is 0. The van der Waals surface area contributed by atoms with Crippen LogP contribution in [0.3, 0.4) is 0 Å². The minimum absolute atomic E-state index is 0. The first kappa shape index (κ1) is 11.7. The third kappa shape index (κ3) is 5.07. The number of hydrogen-bond donors (Lipinski definition) is 0. The predicted molar refractivity (Wildman–Crippen MR) is 25.8 cm³/mol. The molecule has 8 heavy (non-hydrogen) atoms. The summed E-state index contributed by atoms with van der Waals surface area (Å²) in [5, 5.41) is 0. The van der Waals surface area contributed by atoms with Crippen LogP contribution in [0.4, 0.5) is 0 Å². The first-order valence-electron chi connectivity index (χ1n) is 2.00. The summed E-state index contributed by atoms with van der Waals surface area (Å²) in [6.07, 6.45) is 12.0. The van der Waals surface area contributed by atoms with E-state index in [0.29, 0.717) is 0 Å². The molecular formula is C6H6ClOs+. The maximum atomic E-state index is 2.00. The van der Waals surface area contributed by atoms with Gasteiger partial charge in [0.15, 0.2) is 0 Å². The molecule has 0 heterocycles. The van der Waals surface area contributed by atoms with Crippen LogP contribution in [0.1, 0.15) is 0 Å². The average molecular weight is 304 g/mol. The van der Waals surface area contributed by atoms with E-state index in [-0.39, 0.29) is 32.2 Å². The second-order valence-corrected chi connectivity index (χ2v) is 1.15. The summed E-state index contributed by atoms with van der Waals surface area (Å²) >= 11 is 0. The van der Waals surface area contributed by atoms with Crippen LogP contribution >= 0.6 is 0 Å². The monoisotopic (exact) mass is 305 g/mol. The van der Waals surface area contributed by atoms with Crippen molar-refractivity contribution in [2.45, 2.75) is 0 Å². The van der Waals surface area contributed by atoms with E-state index in [4.69, 9.17) is 0 Å². The molecule has 0 aromatic rings. The van der Waals surface area contributed by atoms with E-state index in [1.165, 1.54) is 0 Å². The van der Waals surface area contributed by atoms with Crippen molar-refractivity contribution in [2.24, 2.45) is 0 Å². The Kier molecular flexibility index (Phi) is 11.6. The normalized spacial score (nSPS) is 18.0. The summed E-state index contributed by atoms with van der Waals surface area (Å²) in [5.41, 5.74) is 0. The van der Waals surface area contributed by atoms with Crippen molar-refractivity contribution in [1.29, 1.82) is 0 Å². The zero-order chi connectivity index (χ0) is 4.24. The van der Waals surface area contributed by atoms with E-state index < -0.39 is 0 Å². The van der Waals surface area contributed by atoms with Crippen LogP contribution in [0.15, 0.2) is 0 Å². The van der Waals surface area contributed by atoms with Gasteiger partial charge in [-0.1, -0.05) is 0 Å². The summed E-state index contributed by atoms with van der Waals surface area (Å²) < 4.78 is 0. The van der Waals surface area contributed by atoms with E-state index in [0.717, 1.165) is 0 Å². The maximum absolute atomic E-state index is 2.00. The summed E-state index contributed by atoms with van der Waals surface area (Å²) in [4.78, 5) is 0. The van der Waals surface area contributed by atoms with Crippen molar-refractivity contribution < 1.29 is 32.2 Å². The molecule has 0 atom stereocenters. The fourth-order valence-corrected chi connectivity index (χ4v) is 0.385. The molecule has 1 rings (SSSR count). The second kappa shape index (κ2) is 7.93. The molecule has 2 heteroatoms. The number of hydrogen-bond acceptors (Lipinski definition) is 0. The van der Waals surface area contributed by atoms with E-state index >= 15 is 0 Å². The van der Waals surface area contributed by atoms with E-state index in [1.54, 1.807) is 0 Å². The molecule has 0 N–H and O–H groups in total. The molecule has 0 aliphatic heterocycles. The van der Waals surface area contributed by atoms with Gasteiger partial charge in [-0.25, -0.2) is 0 Å². The molecule has 0 nitrogen and oxygen atoms in total. The van der Waals surface area contributed by atoms with Gasteiger partial charge < -0.3 is 12.4 Å². The molecule has 1 aliphatic rings. The van der Waals surface area contributed by atoms with Crippen molar-refractivity contribution >= 4 is 0 Å². The third-order valence-electron chi connectivity index (χ3n) is 0.667. The Morgan fingerprint density at radius 1 is 0.500 bits per heavy atom. The maximum Gasteiger partial charge on any atom is 2.00 e. The second-order valence-electron chi connectivity index (χ2n) is 1.15. The van der Waals surface area contributed by atoms with Crippen LogP contribution in [-0.4, -0.2) is 0 Å². The van der Waals surface area contributed by atoms with Crippen molar-refractivity contribution in [1.82, 2.24) is 0 Å². The smallest absolute Gasteiger partial charge is 1.00 e. The molecule has 0 unspecified atom stereocenters. The summed E-state index contributed by atoms with van der Waals surface area (Å²) in [7, 11) is 0. The topological polar surface area (TPSA) is 0 Å². The van der Waals surface area contributed by atoms with Crippen LogP contribution in [0.25, 0.3) is 0 Å². The molecular weight excluding hydrogens is 298 g/mol. The quantitative estimate of drug-likeness (QED) is 0.497. The molecule has 44 valence electrons. The number of rotatable bonds is 0. The third-order valence-corrected chi connectivity index (χ3v) is 0.667. The Balaban J connectivity index is 0. The molecule has 0 aromatic heterocycles. The van der Waals surface area contributed by atoms with Crippen molar-refractivity contribution in [3.05, 3.63) is 38.5 Å². The first-order valence-corrected chi connectivity index (χ1v) is 2.00. The van der Waals surface area contributed by atoms with Gasteiger partial charge in [0.2, 0.25) is 0 Å². The molecule has 6 radical (unpaired) electrons. The molecule has 0 saturated heterocycles. The minimum atomic E-state index is 0. The van der Waals surface area contributed by atoms with Crippen molar-refractivity contribution in [3.8, 4) is 0 Å². The Labute approximate surface area is 70.9 Å². The Bertz CT molecular complexity index is 24.0. The van der Waals surface area contributed by atoms with Gasteiger partial charge in [0.1, 0.15) is 0 Å². The van der Waals surface area contributed by atoms with Gasteiger partial charge in [0.25, 0.3) is 0 Å². The van der Waals surface area contributed by atoms with Gasteiger partial charge in [0.05, 0.1) is 0 Å². The fraction of sp³-hybridized carbons (Fsp3) is 0. The van der Waals surface area contributed by atoms with E-state index in [9.17, 15) is 0 Å². The van der Waals surface area contributed by atoms with Gasteiger partial charge in [-0.15, -0.1) is 0 Å². The summed E-state index contributed by atoms with van der Waals surface area (Å²) in [6.45, 7) is 0. The zero-order valence-corrected chi connectivity index (χ0v) is 7.49. The SMILES string of the molecule is [CH]1[CH][CH][CH][CH][CH]1.[Cl-].[Os+2]. The van der Waals surface area contributed by atoms with Gasteiger partial charge in [-0.05, 0) is 38.5 Å². The predicted octanol–water partition coefficient (Wildman–Crippen LogP) is -1.77. The fourth-order valence-electron chi connectivity index (χ4n) is 0.385. The van der Waals surface area contributed by atoms with Crippen molar-refractivity contribution in [2.75, 3.05) is 0 Å². The summed E-state index contributed by atoms with van der Waals surface area (Å²) in [6, 6.07) is 0. The van der Waals surface area contributed by atoms with Crippen LogP contribution in [0, 0.1) is 38.5 Å². The average Bonchev–Trinajstić information content (AvgIpc) is 1.72. The number of halogens is 1. The standard InChI is InChI=1S/C6H6.ClH.Os/c1-2-4-6-5-3-1;;/h1-6H;1H;/q;;+2/p-1. The van der Waals surface area contributed by atoms with Crippen molar-refractivity contribution in [3.63, 3.8) is 0 Å². The van der Waals surface area contributed by atoms with Gasteiger partial charge >= 0.3 is 19.8 Å². The van der Waals surface area contributed by atoms with Gasteiger partial charge in [-0.2, -0.15) is 0 Å². The molecule has 0 bridgehead atoms. The van der Waals surface area contributed by atoms with Gasteiger partial charge in [0, 0.05) is 0 Å². The van der Waals surface area contributed by atoms with Crippen LogP contribution in [0.5, 0.6) is 0 Å². The van der Waals surface area contributed by atoms with E-state index in [1.807, 2.05) is 38.5 Å². The molecule has 0 amide bonds. The van der Waals surface area contributed by atoms with Crippen LogP contribution in [-0.2, 0) is 19.8 Å². The molecule has 1 saturated carbocycles. The molecule has 0 spiro atoms. The molecule has 1 fully saturated rings. The van der Waals surface area contributed by atoms with Gasteiger partial charge in [-0.3, -0.25) is 0 Å².